The first-order valence-corrected chi connectivity index (χ1v) is 7.44. The number of hydrogen-bond acceptors (Lipinski definition) is 6. The van der Waals surface area contributed by atoms with Gasteiger partial charge in [-0.05, 0) is 25.3 Å². The fraction of sp³-hybridized carbons (Fsp3) is 0.538. The second kappa shape index (κ2) is 5.40. The lowest BCUT2D eigenvalue weighted by atomic mass is 10.1. The molecule has 5 nitrogen and oxygen atoms in total. The van der Waals surface area contributed by atoms with Gasteiger partial charge >= 0.3 is 0 Å². The Morgan fingerprint density at radius 2 is 2.42 bits per heavy atom. The summed E-state index contributed by atoms with van der Waals surface area (Å²) in [4.78, 5) is 7.90. The van der Waals surface area contributed by atoms with Crippen LogP contribution in [0.5, 0.6) is 0 Å². The van der Waals surface area contributed by atoms with Crippen LogP contribution in [0.2, 0.25) is 0 Å². The zero-order chi connectivity index (χ0) is 13.2. The van der Waals surface area contributed by atoms with Gasteiger partial charge in [-0.25, -0.2) is 0 Å². The Bertz CT molecular complexity index is 524. The summed E-state index contributed by atoms with van der Waals surface area (Å²) in [6.45, 7) is 7.20. The monoisotopic (exact) mass is 278 g/mol. The standard InChI is InChI=1S/C13H18N4OS/c1-9-7-17(10(2)6-14-9)8-12-15-13(18-16-12)11-4-3-5-19-11/h3-5,9-10,14H,6-8H2,1-2H3. The zero-order valence-corrected chi connectivity index (χ0v) is 12.0. The molecular formula is C13H18N4OS. The molecule has 1 aliphatic heterocycles. The number of hydrogen-bond donors (Lipinski definition) is 1. The highest BCUT2D eigenvalue weighted by Crippen LogP contribution is 2.23. The summed E-state index contributed by atoms with van der Waals surface area (Å²) >= 11 is 1.62. The third-order valence-electron chi connectivity index (χ3n) is 3.44. The fourth-order valence-electron chi connectivity index (χ4n) is 2.32. The van der Waals surface area contributed by atoms with E-state index in [9.17, 15) is 0 Å². The molecule has 1 fully saturated rings. The van der Waals surface area contributed by atoms with Crippen LogP contribution < -0.4 is 5.32 Å². The third-order valence-corrected chi connectivity index (χ3v) is 4.30. The van der Waals surface area contributed by atoms with Crippen LogP contribution in [0.1, 0.15) is 19.7 Å². The van der Waals surface area contributed by atoms with E-state index in [4.69, 9.17) is 4.52 Å². The van der Waals surface area contributed by atoms with E-state index < -0.39 is 0 Å². The molecule has 3 heterocycles. The molecule has 1 aliphatic rings. The largest absolute Gasteiger partial charge is 0.333 e. The van der Waals surface area contributed by atoms with Crippen LogP contribution in [0.15, 0.2) is 22.0 Å². The lowest BCUT2D eigenvalue weighted by molar-refractivity contribution is 0.134. The molecule has 2 atom stereocenters. The van der Waals surface area contributed by atoms with Gasteiger partial charge in [0.1, 0.15) is 0 Å². The lowest BCUT2D eigenvalue weighted by Crippen LogP contribution is -2.53. The number of nitrogens with one attached hydrogen (secondary N) is 1. The van der Waals surface area contributed by atoms with Gasteiger partial charge in [0, 0.05) is 25.2 Å². The average Bonchev–Trinajstić information content (AvgIpc) is 3.04. The molecule has 0 bridgehead atoms. The van der Waals surface area contributed by atoms with Crippen molar-refractivity contribution in [2.45, 2.75) is 32.5 Å². The SMILES string of the molecule is CC1CN(Cc2noc(-c3cccs3)n2)C(C)CN1. The van der Waals surface area contributed by atoms with E-state index in [1.54, 1.807) is 11.3 Å². The van der Waals surface area contributed by atoms with Crippen molar-refractivity contribution in [2.75, 3.05) is 13.1 Å². The molecule has 0 spiro atoms. The molecule has 2 unspecified atom stereocenters. The second-order valence-electron chi connectivity index (χ2n) is 5.08. The van der Waals surface area contributed by atoms with Crippen molar-refractivity contribution in [3.8, 4) is 10.8 Å². The van der Waals surface area contributed by atoms with Crippen molar-refractivity contribution in [2.24, 2.45) is 0 Å². The van der Waals surface area contributed by atoms with Gasteiger partial charge in [0.25, 0.3) is 5.89 Å². The Kier molecular flexibility index (Phi) is 3.63. The van der Waals surface area contributed by atoms with Crippen molar-refractivity contribution in [3.63, 3.8) is 0 Å². The summed E-state index contributed by atoms with van der Waals surface area (Å²) in [6.07, 6.45) is 0. The summed E-state index contributed by atoms with van der Waals surface area (Å²) in [5.41, 5.74) is 0. The Labute approximate surface area is 116 Å². The highest BCUT2D eigenvalue weighted by molar-refractivity contribution is 7.13. The van der Waals surface area contributed by atoms with E-state index in [-0.39, 0.29) is 0 Å². The molecule has 0 saturated carbocycles. The van der Waals surface area contributed by atoms with Crippen LogP contribution in [0.4, 0.5) is 0 Å². The highest BCUT2D eigenvalue weighted by atomic mass is 32.1. The maximum absolute atomic E-state index is 5.32. The Morgan fingerprint density at radius 1 is 1.53 bits per heavy atom. The van der Waals surface area contributed by atoms with Crippen LogP contribution in [-0.4, -0.2) is 40.2 Å². The zero-order valence-electron chi connectivity index (χ0n) is 11.2. The van der Waals surface area contributed by atoms with E-state index in [1.807, 2.05) is 17.5 Å². The molecule has 0 radical (unpaired) electrons. The van der Waals surface area contributed by atoms with Gasteiger partial charge in [0.2, 0.25) is 0 Å². The van der Waals surface area contributed by atoms with Crippen molar-refractivity contribution >= 4 is 11.3 Å². The van der Waals surface area contributed by atoms with Gasteiger partial charge in [-0.1, -0.05) is 11.2 Å². The minimum Gasteiger partial charge on any atom is -0.333 e. The van der Waals surface area contributed by atoms with E-state index in [1.165, 1.54) is 0 Å². The maximum Gasteiger partial charge on any atom is 0.268 e. The fourth-order valence-corrected chi connectivity index (χ4v) is 2.96. The first-order valence-electron chi connectivity index (χ1n) is 6.56. The smallest absolute Gasteiger partial charge is 0.268 e. The van der Waals surface area contributed by atoms with Crippen LogP contribution in [0.25, 0.3) is 10.8 Å². The summed E-state index contributed by atoms with van der Waals surface area (Å²) in [7, 11) is 0. The van der Waals surface area contributed by atoms with Gasteiger partial charge in [0.05, 0.1) is 11.4 Å². The molecule has 0 amide bonds. The van der Waals surface area contributed by atoms with Gasteiger partial charge in [-0.3, -0.25) is 4.90 Å². The number of rotatable bonds is 3. The Balaban J connectivity index is 1.70. The quantitative estimate of drug-likeness (QED) is 0.930. The molecule has 1 saturated heterocycles. The number of aromatic nitrogens is 2. The van der Waals surface area contributed by atoms with Crippen LogP contribution in [0, 0.1) is 0 Å². The average molecular weight is 278 g/mol. The van der Waals surface area contributed by atoms with Crippen LogP contribution in [0.3, 0.4) is 0 Å². The Hall–Kier alpha value is -1.24. The number of thiophene rings is 1. The molecule has 2 aromatic rings. The van der Waals surface area contributed by atoms with Crippen LogP contribution >= 0.6 is 11.3 Å². The first-order chi connectivity index (χ1) is 9.22. The highest BCUT2D eigenvalue weighted by Gasteiger charge is 2.24. The van der Waals surface area contributed by atoms with E-state index in [0.29, 0.717) is 18.0 Å². The van der Waals surface area contributed by atoms with Gasteiger partial charge in [0.15, 0.2) is 5.82 Å². The topological polar surface area (TPSA) is 54.2 Å². The van der Waals surface area contributed by atoms with Crippen LogP contribution in [-0.2, 0) is 6.54 Å². The predicted molar refractivity (Wildman–Crippen MR) is 74.9 cm³/mol. The van der Waals surface area contributed by atoms with E-state index in [2.05, 4.69) is 34.2 Å². The summed E-state index contributed by atoms with van der Waals surface area (Å²) in [6, 6.07) is 5.00. The minimum atomic E-state index is 0.500. The summed E-state index contributed by atoms with van der Waals surface area (Å²) in [5.74, 6) is 1.39. The van der Waals surface area contributed by atoms with Crippen molar-refractivity contribution in [1.82, 2.24) is 20.4 Å². The van der Waals surface area contributed by atoms with E-state index in [0.717, 1.165) is 30.3 Å². The Morgan fingerprint density at radius 3 is 3.21 bits per heavy atom. The molecule has 0 aliphatic carbocycles. The molecular weight excluding hydrogens is 260 g/mol. The van der Waals surface area contributed by atoms with Crippen molar-refractivity contribution in [3.05, 3.63) is 23.3 Å². The first kappa shape index (κ1) is 12.8. The van der Waals surface area contributed by atoms with Gasteiger partial charge in [-0.2, -0.15) is 4.98 Å². The third kappa shape index (κ3) is 2.86. The molecule has 2 aromatic heterocycles. The molecule has 0 aromatic carbocycles. The number of piperazine rings is 1. The molecule has 3 rings (SSSR count). The number of nitrogens with zero attached hydrogens (tertiary/aromatic N) is 3. The molecule has 19 heavy (non-hydrogen) atoms. The van der Waals surface area contributed by atoms with Crippen molar-refractivity contribution in [1.29, 1.82) is 0 Å². The predicted octanol–water partition coefficient (Wildman–Crippen LogP) is 1.98. The van der Waals surface area contributed by atoms with Gasteiger partial charge in [-0.15, -0.1) is 11.3 Å². The molecule has 6 heteroatoms. The molecule has 1 N–H and O–H groups in total. The normalized spacial score (nSPS) is 24.7. The van der Waals surface area contributed by atoms with E-state index >= 15 is 0 Å². The maximum atomic E-state index is 5.32. The lowest BCUT2D eigenvalue weighted by Gasteiger charge is -2.36. The minimum absolute atomic E-state index is 0.500. The summed E-state index contributed by atoms with van der Waals surface area (Å²) in [5, 5.41) is 9.57. The molecule has 102 valence electrons. The second-order valence-corrected chi connectivity index (χ2v) is 6.03. The van der Waals surface area contributed by atoms with Crippen molar-refractivity contribution < 1.29 is 4.52 Å². The van der Waals surface area contributed by atoms with Gasteiger partial charge < -0.3 is 9.84 Å². The summed E-state index contributed by atoms with van der Waals surface area (Å²) < 4.78 is 5.32.